The van der Waals surface area contributed by atoms with Gasteiger partial charge in [0.15, 0.2) is 0 Å². The highest BCUT2D eigenvalue weighted by atomic mass is 32.1. The summed E-state index contributed by atoms with van der Waals surface area (Å²) in [6, 6.07) is 6.51. The molecule has 0 spiro atoms. The van der Waals surface area contributed by atoms with E-state index in [-0.39, 0.29) is 0 Å². The minimum Gasteiger partial charge on any atom is -0.398 e. The van der Waals surface area contributed by atoms with Crippen molar-refractivity contribution in [2.75, 3.05) is 5.73 Å². The van der Waals surface area contributed by atoms with Gasteiger partial charge < -0.3 is 5.73 Å². The van der Waals surface area contributed by atoms with E-state index in [1.54, 1.807) is 0 Å². The van der Waals surface area contributed by atoms with Crippen LogP contribution < -0.4 is 5.73 Å². The number of thiophene rings is 1. The van der Waals surface area contributed by atoms with Gasteiger partial charge in [0, 0.05) is 15.4 Å². The van der Waals surface area contributed by atoms with Gasteiger partial charge in [-0.3, -0.25) is 0 Å². The Morgan fingerprint density at radius 2 is 1.56 bits per heavy atom. The quantitative estimate of drug-likeness (QED) is 0.730. The van der Waals surface area contributed by atoms with Crippen molar-refractivity contribution in [2.24, 2.45) is 0 Å². The third-order valence-electron chi connectivity index (χ3n) is 2.94. The number of nitrogen functional groups attached to an aromatic ring is 1. The topological polar surface area (TPSA) is 26.0 Å². The fourth-order valence-corrected chi connectivity index (χ4v) is 3.00. The van der Waals surface area contributed by atoms with E-state index in [9.17, 15) is 0 Å². The van der Waals surface area contributed by atoms with E-state index >= 15 is 0 Å². The summed E-state index contributed by atoms with van der Waals surface area (Å²) >= 11 is 1.84. The second kappa shape index (κ2) is 3.95. The number of hydrogen-bond acceptors (Lipinski definition) is 2. The average molecular weight is 231 g/mol. The third-order valence-corrected chi connectivity index (χ3v) is 3.91. The number of rotatable bonds is 1. The third kappa shape index (κ3) is 1.85. The van der Waals surface area contributed by atoms with Crippen LogP contribution in [-0.4, -0.2) is 0 Å². The summed E-state index contributed by atoms with van der Waals surface area (Å²) in [7, 11) is 0. The maximum Gasteiger partial charge on any atom is 0.0350 e. The van der Waals surface area contributed by atoms with Crippen LogP contribution in [0.5, 0.6) is 0 Å². The largest absolute Gasteiger partial charge is 0.398 e. The molecule has 0 aliphatic rings. The molecule has 2 N–H and O–H groups in total. The molecule has 0 unspecified atom stereocenters. The van der Waals surface area contributed by atoms with Crippen LogP contribution in [0.1, 0.15) is 20.9 Å². The molecule has 16 heavy (non-hydrogen) atoms. The molecule has 0 bridgehead atoms. The molecular formula is C14H17NS. The molecule has 0 radical (unpaired) electrons. The van der Waals surface area contributed by atoms with Gasteiger partial charge in [-0.25, -0.2) is 0 Å². The zero-order chi connectivity index (χ0) is 11.9. The molecule has 2 heteroatoms. The van der Waals surface area contributed by atoms with Crippen molar-refractivity contribution in [2.45, 2.75) is 27.7 Å². The molecule has 1 nitrogen and oxygen atoms in total. The highest BCUT2D eigenvalue weighted by Gasteiger charge is 2.09. The van der Waals surface area contributed by atoms with Crippen molar-refractivity contribution in [3.05, 3.63) is 39.1 Å². The fourth-order valence-electron chi connectivity index (χ4n) is 2.06. The molecule has 84 valence electrons. The smallest absolute Gasteiger partial charge is 0.0350 e. The normalized spacial score (nSPS) is 10.8. The number of aryl methyl sites for hydroxylation is 4. The molecule has 0 aliphatic carbocycles. The summed E-state index contributed by atoms with van der Waals surface area (Å²) in [6.45, 7) is 8.52. The van der Waals surface area contributed by atoms with E-state index in [0.29, 0.717) is 0 Å². The summed E-state index contributed by atoms with van der Waals surface area (Å²) < 4.78 is 0. The zero-order valence-electron chi connectivity index (χ0n) is 10.2. The maximum absolute atomic E-state index is 5.99. The maximum atomic E-state index is 5.99. The molecule has 1 aromatic carbocycles. The van der Waals surface area contributed by atoms with Gasteiger partial charge in [-0.05, 0) is 62.1 Å². The van der Waals surface area contributed by atoms with Crippen molar-refractivity contribution >= 4 is 17.0 Å². The van der Waals surface area contributed by atoms with E-state index in [4.69, 9.17) is 5.73 Å². The van der Waals surface area contributed by atoms with Crippen LogP contribution in [0.15, 0.2) is 18.2 Å². The average Bonchev–Trinajstić information content (AvgIpc) is 2.51. The second-order valence-electron chi connectivity index (χ2n) is 4.35. The Balaban J connectivity index is 2.64. The predicted molar refractivity (Wildman–Crippen MR) is 73.1 cm³/mol. The van der Waals surface area contributed by atoms with Gasteiger partial charge in [0.05, 0.1) is 0 Å². The summed E-state index contributed by atoms with van der Waals surface area (Å²) in [5.41, 5.74) is 11.9. The van der Waals surface area contributed by atoms with Crippen molar-refractivity contribution < 1.29 is 0 Å². The summed E-state index contributed by atoms with van der Waals surface area (Å²) in [6.07, 6.45) is 0. The van der Waals surface area contributed by atoms with E-state index in [0.717, 1.165) is 11.3 Å². The first-order valence-electron chi connectivity index (χ1n) is 5.43. The van der Waals surface area contributed by atoms with Gasteiger partial charge in [0.1, 0.15) is 0 Å². The van der Waals surface area contributed by atoms with Gasteiger partial charge in [-0.15, -0.1) is 11.3 Å². The lowest BCUT2D eigenvalue weighted by atomic mass is 9.98. The van der Waals surface area contributed by atoms with Crippen molar-refractivity contribution in [1.29, 1.82) is 0 Å². The Morgan fingerprint density at radius 3 is 2.12 bits per heavy atom. The monoisotopic (exact) mass is 231 g/mol. The van der Waals surface area contributed by atoms with Gasteiger partial charge in [-0.1, -0.05) is 6.07 Å². The van der Waals surface area contributed by atoms with Gasteiger partial charge in [0.25, 0.3) is 0 Å². The molecule has 0 atom stereocenters. The first-order chi connectivity index (χ1) is 7.49. The first-order valence-corrected chi connectivity index (χ1v) is 6.25. The Hall–Kier alpha value is -1.28. The molecule has 2 rings (SSSR count). The minimum atomic E-state index is 0.879. The molecule has 0 saturated heterocycles. The van der Waals surface area contributed by atoms with Crippen LogP contribution in [0.2, 0.25) is 0 Å². The highest BCUT2D eigenvalue weighted by Crippen LogP contribution is 2.34. The molecule has 0 amide bonds. The Kier molecular flexibility index (Phi) is 2.76. The number of hydrogen-bond donors (Lipinski definition) is 1. The van der Waals surface area contributed by atoms with Crippen LogP contribution in [-0.2, 0) is 0 Å². The van der Waals surface area contributed by atoms with Crippen LogP contribution in [0.25, 0.3) is 11.1 Å². The molecule has 1 heterocycles. The van der Waals surface area contributed by atoms with Crippen molar-refractivity contribution in [3.63, 3.8) is 0 Å². The van der Waals surface area contributed by atoms with Crippen molar-refractivity contribution in [1.82, 2.24) is 0 Å². The van der Waals surface area contributed by atoms with E-state index < -0.39 is 0 Å². The second-order valence-corrected chi connectivity index (χ2v) is 5.81. The molecule has 1 aromatic heterocycles. The summed E-state index contributed by atoms with van der Waals surface area (Å²) in [5, 5.41) is 0. The highest BCUT2D eigenvalue weighted by molar-refractivity contribution is 7.12. The van der Waals surface area contributed by atoms with E-state index in [2.05, 4.69) is 45.9 Å². The summed E-state index contributed by atoms with van der Waals surface area (Å²) in [4.78, 5) is 2.72. The standard InChI is InChI=1S/C14H17NS/c1-8-5-9(2)14(15)7-12(8)13-6-10(3)16-11(13)4/h5-7H,15H2,1-4H3. The molecule has 0 saturated carbocycles. The molecule has 0 aliphatic heterocycles. The van der Waals surface area contributed by atoms with Crippen molar-refractivity contribution in [3.8, 4) is 11.1 Å². The van der Waals surface area contributed by atoms with Crippen LogP contribution in [0.3, 0.4) is 0 Å². The van der Waals surface area contributed by atoms with Gasteiger partial charge in [-0.2, -0.15) is 0 Å². The number of benzene rings is 1. The Bertz CT molecular complexity index is 538. The van der Waals surface area contributed by atoms with E-state index in [1.807, 2.05) is 11.3 Å². The van der Waals surface area contributed by atoms with E-state index in [1.165, 1.54) is 26.4 Å². The fraction of sp³-hybridized carbons (Fsp3) is 0.286. The lowest BCUT2D eigenvalue weighted by molar-refractivity contribution is 1.38. The van der Waals surface area contributed by atoms with Gasteiger partial charge >= 0.3 is 0 Å². The zero-order valence-corrected chi connectivity index (χ0v) is 11.0. The van der Waals surface area contributed by atoms with Crippen LogP contribution in [0, 0.1) is 27.7 Å². The predicted octanol–water partition coefficient (Wildman–Crippen LogP) is 4.23. The first kappa shape index (κ1) is 11.2. The van der Waals surface area contributed by atoms with Crippen LogP contribution in [0.4, 0.5) is 5.69 Å². The lowest BCUT2D eigenvalue weighted by Gasteiger charge is -2.09. The Labute approximate surface area is 101 Å². The SMILES string of the molecule is Cc1cc(-c2cc(N)c(C)cc2C)c(C)s1. The minimum absolute atomic E-state index is 0.879. The molecule has 2 aromatic rings. The lowest BCUT2D eigenvalue weighted by Crippen LogP contribution is -1.93. The number of nitrogens with two attached hydrogens (primary N) is 1. The van der Waals surface area contributed by atoms with Gasteiger partial charge in [0.2, 0.25) is 0 Å². The summed E-state index contributed by atoms with van der Waals surface area (Å²) in [5.74, 6) is 0. The number of anilines is 1. The van der Waals surface area contributed by atoms with Crippen LogP contribution >= 0.6 is 11.3 Å². The molecular weight excluding hydrogens is 214 g/mol. The Morgan fingerprint density at radius 1 is 0.875 bits per heavy atom. The molecule has 0 fully saturated rings.